The number of aromatic nitrogens is 2. The molecule has 0 unspecified atom stereocenters. The summed E-state index contributed by atoms with van der Waals surface area (Å²) in [4.78, 5) is 50.9. The number of thiophene rings is 1. The number of nitrogens with zero attached hydrogens (tertiary/aromatic N) is 4. The number of nitrogens with one attached hydrogen (secondary N) is 2. The number of nitrogen functional groups attached to an aromatic ring is 1. The van der Waals surface area contributed by atoms with E-state index in [1.54, 1.807) is 17.4 Å². The van der Waals surface area contributed by atoms with E-state index < -0.39 is 8.32 Å². The number of hydrogen-bond donors (Lipinski definition) is 4. The maximum atomic E-state index is 13.3. The van der Waals surface area contributed by atoms with E-state index in [1.165, 1.54) is 12.4 Å². The first-order chi connectivity index (χ1) is 21.2. The molecule has 45 heavy (non-hydrogen) atoms. The zero-order valence-corrected chi connectivity index (χ0v) is 28.9. The van der Waals surface area contributed by atoms with Gasteiger partial charge in [-0.1, -0.05) is 26.0 Å². The minimum atomic E-state index is -2.24. The van der Waals surface area contributed by atoms with Gasteiger partial charge in [-0.25, -0.2) is 14.8 Å². The maximum Gasteiger partial charge on any atom is 0.320 e. The lowest BCUT2D eigenvalue weighted by molar-refractivity contribution is 0.102. The lowest BCUT2D eigenvalue weighted by atomic mass is 9.88. The van der Waals surface area contributed by atoms with Crippen molar-refractivity contribution in [2.75, 3.05) is 42.5 Å². The first kappa shape index (κ1) is 32.9. The molecule has 0 bridgehead atoms. The molecule has 0 spiro atoms. The average Bonchev–Trinajstić information content (AvgIpc) is 3.53. The standard InChI is InChI=1S/C33H47N7O3SSi/c1-32(2,45(4,5)43)20-23-10-14-39(15-11-23)31(42)40-16-12-33(3,13-17-40)38-30-35-21-25(22-36-30)29(41)37-27-19-24(8-9-26(27)34)28-7-6-18-44-28/h6-9,18-19,21-23,43H,10-17,20,34H2,1-5H3,(H,37,41)(H,35,36,38). The Hall–Kier alpha value is -3.48. The highest BCUT2D eigenvalue weighted by atomic mass is 32.1. The van der Waals surface area contributed by atoms with E-state index in [-0.39, 0.29) is 22.5 Å². The van der Waals surface area contributed by atoms with Crippen LogP contribution in [-0.4, -0.2) is 76.5 Å². The van der Waals surface area contributed by atoms with Crippen LogP contribution in [0.2, 0.25) is 18.1 Å². The molecular weight excluding hydrogens is 603 g/mol. The number of anilines is 3. The van der Waals surface area contributed by atoms with Gasteiger partial charge in [-0.3, -0.25) is 4.79 Å². The van der Waals surface area contributed by atoms with Gasteiger partial charge in [0.2, 0.25) is 5.95 Å². The Morgan fingerprint density at radius 3 is 2.33 bits per heavy atom. The monoisotopic (exact) mass is 649 g/mol. The lowest BCUT2D eigenvalue weighted by Gasteiger charge is -2.44. The Kier molecular flexibility index (Phi) is 9.57. The Morgan fingerprint density at radius 1 is 1.09 bits per heavy atom. The average molecular weight is 650 g/mol. The highest BCUT2D eigenvalue weighted by Crippen LogP contribution is 2.43. The van der Waals surface area contributed by atoms with Gasteiger partial charge in [-0.15, -0.1) is 11.3 Å². The smallest absolute Gasteiger partial charge is 0.320 e. The van der Waals surface area contributed by atoms with Crippen LogP contribution in [0.25, 0.3) is 10.4 Å². The van der Waals surface area contributed by atoms with Gasteiger partial charge in [-0.05, 0) is 92.2 Å². The molecule has 0 saturated carbocycles. The second-order valence-corrected chi connectivity index (χ2v) is 19.5. The Morgan fingerprint density at radius 2 is 1.73 bits per heavy atom. The summed E-state index contributed by atoms with van der Waals surface area (Å²) in [7, 11) is -2.24. The van der Waals surface area contributed by atoms with Crippen molar-refractivity contribution in [2.24, 2.45) is 5.92 Å². The SMILES string of the molecule is CC1(Nc2ncc(C(=O)Nc3cc(-c4cccs4)ccc3N)cn2)CCN(C(=O)N2CCC(CC(C)(C)[Si](C)(C)O)CC2)CC1. The second-order valence-electron chi connectivity index (χ2n) is 14.1. The highest BCUT2D eigenvalue weighted by molar-refractivity contribution is 7.13. The molecule has 5 rings (SSSR count). The minimum Gasteiger partial charge on any atom is -0.432 e. The molecule has 0 aliphatic carbocycles. The fourth-order valence-corrected chi connectivity index (χ4v) is 7.56. The van der Waals surface area contributed by atoms with Crippen molar-refractivity contribution in [3.05, 3.63) is 53.7 Å². The van der Waals surface area contributed by atoms with Crippen molar-refractivity contribution in [1.82, 2.24) is 19.8 Å². The molecule has 3 aromatic rings. The molecule has 242 valence electrons. The van der Waals surface area contributed by atoms with Gasteiger partial charge < -0.3 is 31.0 Å². The summed E-state index contributed by atoms with van der Waals surface area (Å²) in [6, 6.07) is 9.74. The summed E-state index contributed by atoms with van der Waals surface area (Å²) < 4.78 is 0. The normalized spacial score (nSPS) is 17.6. The molecule has 1 aromatic carbocycles. The molecular formula is C33H47N7O3SSi. The summed E-state index contributed by atoms with van der Waals surface area (Å²) in [6.07, 6.45) is 7.57. The van der Waals surface area contributed by atoms with Crippen molar-refractivity contribution < 1.29 is 14.4 Å². The third-order valence-electron chi connectivity index (χ3n) is 9.91. The fraction of sp³-hybridized carbons (Fsp3) is 0.515. The summed E-state index contributed by atoms with van der Waals surface area (Å²) in [5, 5.41) is 8.31. The molecule has 2 aromatic heterocycles. The molecule has 2 aliphatic rings. The summed E-state index contributed by atoms with van der Waals surface area (Å²) in [6.45, 7) is 13.4. The van der Waals surface area contributed by atoms with Crippen LogP contribution in [0.4, 0.5) is 22.1 Å². The van der Waals surface area contributed by atoms with Crippen molar-refractivity contribution in [3.8, 4) is 10.4 Å². The second kappa shape index (κ2) is 13.1. The van der Waals surface area contributed by atoms with Gasteiger partial charge in [-0.2, -0.15) is 0 Å². The van der Waals surface area contributed by atoms with Crippen LogP contribution in [0.1, 0.15) is 63.2 Å². The Balaban J connectivity index is 1.10. The topological polar surface area (TPSA) is 137 Å². The summed E-state index contributed by atoms with van der Waals surface area (Å²) in [5.74, 6) is 0.670. The van der Waals surface area contributed by atoms with E-state index in [0.29, 0.717) is 41.9 Å². The van der Waals surface area contributed by atoms with Crippen LogP contribution in [0.15, 0.2) is 48.1 Å². The van der Waals surface area contributed by atoms with E-state index in [4.69, 9.17) is 5.73 Å². The molecule has 2 aliphatic heterocycles. The van der Waals surface area contributed by atoms with E-state index in [9.17, 15) is 14.4 Å². The number of likely N-dealkylation sites (tertiary alicyclic amines) is 2. The summed E-state index contributed by atoms with van der Waals surface area (Å²) in [5.41, 5.74) is 8.22. The fourth-order valence-electron chi connectivity index (χ4n) is 6.05. The van der Waals surface area contributed by atoms with Crippen molar-refractivity contribution in [1.29, 1.82) is 0 Å². The van der Waals surface area contributed by atoms with Crippen LogP contribution < -0.4 is 16.4 Å². The molecule has 0 atom stereocenters. The number of nitrogens with two attached hydrogens (primary N) is 1. The zero-order valence-electron chi connectivity index (χ0n) is 27.1. The third-order valence-corrected chi connectivity index (χ3v) is 14.3. The van der Waals surface area contributed by atoms with Gasteiger partial charge in [0.05, 0.1) is 16.9 Å². The van der Waals surface area contributed by atoms with Crippen LogP contribution >= 0.6 is 11.3 Å². The molecule has 2 fully saturated rings. The quantitative estimate of drug-likeness (QED) is 0.161. The number of benzene rings is 1. The van der Waals surface area contributed by atoms with E-state index >= 15 is 0 Å². The highest BCUT2D eigenvalue weighted by Gasteiger charge is 2.41. The molecule has 12 heteroatoms. The van der Waals surface area contributed by atoms with Gasteiger partial charge in [0.1, 0.15) is 0 Å². The predicted octanol–water partition coefficient (Wildman–Crippen LogP) is 6.51. The van der Waals surface area contributed by atoms with Gasteiger partial charge in [0.25, 0.3) is 5.91 Å². The lowest BCUT2D eigenvalue weighted by Crippen LogP contribution is -2.54. The number of urea groups is 1. The van der Waals surface area contributed by atoms with Crippen LogP contribution in [0.3, 0.4) is 0 Å². The predicted molar refractivity (Wildman–Crippen MR) is 185 cm³/mol. The van der Waals surface area contributed by atoms with E-state index in [2.05, 4.69) is 41.4 Å². The van der Waals surface area contributed by atoms with Crippen LogP contribution in [-0.2, 0) is 0 Å². The molecule has 3 amide bonds. The number of hydrogen-bond acceptors (Lipinski definition) is 8. The Bertz CT molecular complexity index is 1470. The molecule has 10 nitrogen and oxygen atoms in total. The molecule has 4 heterocycles. The molecule has 5 N–H and O–H groups in total. The van der Waals surface area contributed by atoms with Gasteiger partial charge in [0.15, 0.2) is 8.32 Å². The summed E-state index contributed by atoms with van der Waals surface area (Å²) >= 11 is 1.62. The first-order valence-electron chi connectivity index (χ1n) is 15.8. The van der Waals surface area contributed by atoms with Gasteiger partial charge >= 0.3 is 6.03 Å². The zero-order chi connectivity index (χ0) is 32.4. The van der Waals surface area contributed by atoms with E-state index in [1.807, 2.05) is 52.5 Å². The third kappa shape index (κ3) is 7.85. The number of carbonyl (C=O) groups excluding carboxylic acids is 2. The van der Waals surface area contributed by atoms with Crippen LogP contribution in [0.5, 0.6) is 0 Å². The Labute approximate surface area is 271 Å². The number of amides is 3. The van der Waals surface area contributed by atoms with E-state index in [0.717, 1.165) is 55.6 Å². The van der Waals surface area contributed by atoms with Gasteiger partial charge in [0, 0.05) is 49.0 Å². The number of carbonyl (C=O) groups is 2. The van der Waals surface area contributed by atoms with Crippen molar-refractivity contribution in [3.63, 3.8) is 0 Å². The largest absolute Gasteiger partial charge is 0.432 e. The van der Waals surface area contributed by atoms with Crippen LogP contribution in [0, 0.1) is 5.92 Å². The molecule has 2 saturated heterocycles. The maximum absolute atomic E-state index is 13.3. The number of rotatable bonds is 8. The number of piperidine rings is 2. The van der Waals surface area contributed by atoms with Crippen molar-refractivity contribution in [2.45, 2.75) is 76.5 Å². The first-order valence-corrected chi connectivity index (χ1v) is 19.7. The molecule has 0 radical (unpaired) electrons. The van der Waals surface area contributed by atoms with Crippen molar-refractivity contribution >= 4 is 48.9 Å². The minimum absolute atomic E-state index is 0.0317.